The fourth-order valence-electron chi connectivity index (χ4n) is 9.20. The Bertz CT molecular complexity index is 3480. The number of hydrogen-bond donors (Lipinski definition) is 0. The highest BCUT2D eigenvalue weighted by atomic mass is 15.0. The quantitative estimate of drug-likeness (QED) is 0.174. The van der Waals surface area contributed by atoms with Gasteiger partial charge in [0.25, 0.3) is 0 Å². The van der Waals surface area contributed by atoms with E-state index in [1.807, 2.05) is 0 Å². The van der Waals surface area contributed by atoms with E-state index in [4.69, 9.17) is 0 Å². The van der Waals surface area contributed by atoms with Gasteiger partial charge in [-0.1, -0.05) is 127 Å². The number of fused-ring (bicyclic) bond motifs is 10. The van der Waals surface area contributed by atoms with E-state index in [2.05, 4.69) is 214 Å². The highest BCUT2D eigenvalue weighted by Crippen LogP contribution is 2.40. The zero-order valence-corrected chi connectivity index (χ0v) is 29.9. The van der Waals surface area contributed by atoms with Crippen LogP contribution in [0.5, 0.6) is 0 Å². The van der Waals surface area contributed by atoms with Gasteiger partial charge in [0, 0.05) is 49.1 Å². The molecule has 12 aromatic rings. The SMILES string of the molecule is c1ccc(-n2c3ccccc3c3ccc(-n4c5ccccc5c5cc(-c6ccc7c(c6)c6ccccc6n7-c6cccc7ccccc67)ccc54)cc32)cc1. The van der Waals surface area contributed by atoms with Gasteiger partial charge in [-0.3, -0.25) is 0 Å². The lowest BCUT2D eigenvalue weighted by Crippen LogP contribution is -1.96. The molecule has 3 aromatic heterocycles. The second kappa shape index (κ2) is 11.6. The second-order valence-corrected chi connectivity index (χ2v) is 14.6. The summed E-state index contributed by atoms with van der Waals surface area (Å²) in [4.78, 5) is 0. The van der Waals surface area contributed by atoms with E-state index < -0.39 is 0 Å². The number of para-hydroxylation sites is 4. The Balaban J connectivity index is 1.05. The van der Waals surface area contributed by atoms with Crippen LogP contribution in [-0.4, -0.2) is 13.7 Å². The molecule has 0 aliphatic carbocycles. The third-order valence-corrected chi connectivity index (χ3v) is 11.6. The van der Waals surface area contributed by atoms with Crippen LogP contribution in [-0.2, 0) is 0 Å². The number of hydrogen-bond acceptors (Lipinski definition) is 0. The minimum atomic E-state index is 1.15. The van der Waals surface area contributed by atoms with Crippen molar-refractivity contribution >= 4 is 76.2 Å². The molecule has 0 amide bonds. The number of benzene rings is 9. The van der Waals surface area contributed by atoms with Crippen molar-refractivity contribution in [3.05, 3.63) is 200 Å². The summed E-state index contributed by atoms with van der Waals surface area (Å²) in [6, 6.07) is 73.2. The van der Waals surface area contributed by atoms with Gasteiger partial charge in [-0.25, -0.2) is 0 Å². The Morgan fingerprint density at radius 3 is 1.38 bits per heavy atom. The lowest BCUT2D eigenvalue weighted by molar-refractivity contribution is 1.15. The van der Waals surface area contributed by atoms with Crippen molar-refractivity contribution in [2.45, 2.75) is 0 Å². The summed E-state index contributed by atoms with van der Waals surface area (Å²) in [5.74, 6) is 0. The normalized spacial score (nSPS) is 12.0. The van der Waals surface area contributed by atoms with E-state index in [1.165, 1.54) is 93.0 Å². The Hall–Kier alpha value is -7.36. The van der Waals surface area contributed by atoms with Gasteiger partial charge in [-0.05, 0) is 89.3 Å². The summed E-state index contributed by atoms with van der Waals surface area (Å²) in [6.45, 7) is 0. The van der Waals surface area contributed by atoms with Crippen molar-refractivity contribution in [1.29, 1.82) is 0 Å². The smallest absolute Gasteiger partial charge is 0.0561 e. The average molecular weight is 700 g/mol. The van der Waals surface area contributed by atoms with Crippen molar-refractivity contribution < 1.29 is 0 Å². The molecule has 0 aliphatic heterocycles. The molecule has 3 heteroatoms. The van der Waals surface area contributed by atoms with Crippen LogP contribution in [0.1, 0.15) is 0 Å². The standard InChI is InChI=1S/C52H33N3/c1-2-15-37(16-3-1)53-47-21-9-6-18-40(47)43-28-27-38(33-52(43)53)54-48-22-10-7-19-41(48)44-31-35(25-29-50(44)54)36-26-30-51-45(32-36)42-20-8-11-23-49(42)55(51)46-24-12-14-34-13-4-5-17-39(34)46/h1-33H. The summed E-state index contributed by atoms with van der Waals surface area (Å²) in [7, 11) is 0. The monoisotopic (exact) mass is 699 g/mol. The van der Waals surface area contributed by atoms with Gasteiger partial charge in [0.2, 0.25) is 0 Å². The zero-order chi connectivity index (χ0) is 36.0. The van der Waals surface area contributed by atoms with E-state index in [0.29, 0.717) is 0 Å². The molecule has 0 bridgehead atoms. The average Bonchev–Trinajstić information content (AvgIpc) is 3.88. The summed E-state index contributed by atoms with van der Waals surface area (Å²) in [5, 5.41) is 10.0. The Labute approximate surface area is 317 Å². The van der Waals surface area contributed by atoms with Crippen molar-refractivity contribution in [2.75, 3.05) is 0 Å². The predicted octanol–water partition coefficient (Wildman–Crippen LogP) is 13.8. The third kappa shape index (κ3) is 4.38. The molecule has 3 heterocycles. The molecule has 12 rings (SSSR count). The zero-order valence-electron chi connectivity index (χ0n) is 29.9. The molecule has 0 unspecified atom stereocenters. The molecule has 55 heavy (non-hydrogen) atoms. The summed E-state index contributed by atoms with van der Waals surface area (Å²) >= 11 is 0. The molecule has 3 nitrogen and oxygen atoms in total. The Kier molecular flexibility index (Phi) is 6.34. The number of aromatic nitrogens is 3. The lowest BCUT2D eigenvalue weighted by atomic mass is 10.0. The summed E-state index contributed by atoms with van der Waals surface area (Å²) in [6.07, 6.45) is 0. The molecule has 0 fully saturated rings. The minimum Gasteiger partial charge on any atom is -0.309 e. The summed E-state index contributed by atoms with van der Waals surface area (Å²) < 4.78 is 7.26. The van der Waals surface area contributed by atoms with Crippen LogP contribution in [0.25, 0.3) is 104 Å². The van der Waals surface area contributed by atoms with Crippen molar-refractivity contribution in [2.24, 2.45) is 0 Å². The van der Waals surface area contributed by atoms with Crippen molar-refractivity contribution in [3.63, 3.8) is 0 Å². The van der Waals surface area contributed by atoms with Gasteiger partial charge in [0.1, 0.15) is 0 Å². The van der Waals surface area contributed by atoms with Gasteiger partial charge >= 0.3 is 0 Å². The first kappa shape index (κ1) is 30.1. The molecule has 0 saturated carbocycles. The summed E-state index contributed by atoms with van der Waals surface area (Å²) in [5.41, 5.74) is 13.2. The van der Waals surface area contributed by atoms with E-state index >= 15 is 0 Å². The molecule has 0 N–H and O–H groups in total. The Morgan fingerprint density at radius 2 is 0.709 bits per heavy atom. The fourth-order valence-corrected chi connectivity index (χ4v) is 9.20. The largest absolute Gasteiger partial charge is 0.309 e. The maximum atomic E-state index is 2.43. The second-order valence-electron chi connectivity index (χ2n) is 14.6. The number of nitrogens with zero attached hydrogens (tertiary/aromatic N) is 3. The molecular weight excluding hydrogens is 667 g/mol. The first-order chi connectivity index (χ1) is 27.3. The van der Waals surface area contributed by atoms with Gasteiger partial charge in [-0.2, -0.15) is 0 Å². The van der Waals surface area contributed by atoms with Crippen LogP contribution in [0.15, 0.2) is 200 Å². The molecule has 9 aromatic carbocycles. The van der Waals surface area contributed by atoms with Gasteiger partial charge in [0.05, 0.1) is 38.8 Å². The van der Waals surface area contributed by atoms with Crippen LogP contribution in [0.3, 0.4) is 0 Å². The van der Waals surface area contributed by atoms with Crippen LogP contribution in [0.4, 0.5) is 0 Å². The molecule has 256 valence electrons. The molecule has 0 radical (unpaired) electrons. The van der Waals surface area contributed by atoms with E-state index in [1.54, 1.807) is 0 Å². The van der Waals surface area contributed by atoms with Gasteiger partial charge < -0.3 is 13.7 Å². The van der Waals surface area contributed by atoms with E-state index in [-0.39, 0.29) is 0 Å². The maximum Gasteiger partial charge on any atom is 0.0561 e. The van der Waals surface area contributed by atoms with Gasteiger partial charge in [0.15, 0.2) is 0 Å². The van der Waals surface area contributed by atoms with Crippen molar-refractivity contribution in [1.82, 2.24) is 13.7 Å². The van der Waals surface area contributed by atoms with Crippen LogP contribution in [0.2, 0.25) is 0 Å². The number of rotatable bonds is 4. The molecular formula is C52H33N3. The predicted molar refractivity (Wildman–Crippen MR) is 232 cm³/mol. The van der Waals surface area contributed by atoms with E-state index in [9.17, 15) is 0 Å². The molecule has 0 atom stereocenters. The fraction of sp³-hybridized carbons (Fsp3) is 0. The molecule has 0 saturated heterocycles. The van der Waals surface area contributed by atoms with E-state index in [0.717, 1.165) is 11.4 Å². The first-order valence-corrected chi connectivity index (χ1v) is 18.9. The van der Waals surface area contributed by atoms with Crippen LogP contribution in [0, 0.1) is 0 Å². The minimum absolute atomic E-state index is 1.15. The topological polar surface area (TPSA) is 14.8 Å². The first-order valence-electron chi connectivity index (χ1n) is 18.9. The maximum absolute atomic E-state index is 2.43. The molecule has 0 aliphatic rings. The van der Waals surface area contributed by atoms with Crippen LogP contribution >= 0.6 is 0 Å². The van der Waals surface area contributed by atoms with Crippen LogP contribution < -0.4 is 0 Å². The lowest BCUT2D eigenvalue weighted by Gasteiger charge is -2.12. The third-order valence-electron chi connectivity index (χ3n) is 11.6. The Morgan fingerprint density at radius 1 is 0.236 bits per heavy atom. The highest BCUT2D eigenvalue weighted by molar-refractivity contribution is 6.14. The molecule has 0 spiro atoms. The highest BCUT2D eigenvalue weighted by Gasteiger charge is 2.18. The van der Waals surface area contributed by atoms with Crippen molar-refractivity contribution in [3.8, 4) is 28.2 Å². The van der Waals surface area contributed by atoms with Gasteiger partial charge in [-0.15, -0.1) is 0 Å².